The number of rotatable bonds is 3. The van der Waals surface area contributed by atoms with Gasteiger partial charge in [-0.1, -0.05) is 38.3 Å². The first-order valence-corrected chi connectivity index (χ1v) is 8.68. The lowest BCUT2D eigenvalue weighted by molar-refractivity contribution is 0.295. The summed E-state index contributed by atoms with van der Waals surface area (Å²) in [7, 11) is 0. The number of hydrogen-bond acceptors (Lipinski definition) is 4. The fraction of sp³-hybridized carbons (Fsp3) is 0.611. The van der Waals surface area contributed by atoms with Gasteiger partial charge in [-0.15, -0.1) is 0 Å². The zero-order valence-corrected chi connectivity index (χ0v) is 14.4. The number of ether oxygens (including phenoxy) is 2. The van der Waals surface area contributed by atoms with Crippen LogP contribution in [0.2, 0.25) is 5.02 Å². The fourth-order valence-electron chi connectivity index (χ4n) is 3.79. The number of aliphatic imine (C=N–C) groups is 1. The van der Waals surface area contributed by atoms with Crippen LogP contribution in [0.3, 0.4) is 0 Å². The molecule has 0 aromatic heterocycles. The van der Waals surface area contributed by atoms with Gasteiger partial charge in [-0.2, -0.15) is 4.99 Å². The first kappa shape index (κ1) is 16.4. The van der Waals surface area contributed by atoms with Gasteiger partial charge in [-0.25, -0.2) is 4.79 Å². The Morgan fingerprint density at radius 1 is 1.22 bits per heavy atom. The van der Waals surface area contributed by atoms with E-state index in [2.05, 4.69) is 18.8 Å². The van der Waals surface area contributed by atoms with Gasteiger partial charge in [0.15, 0.2) is 11.5 Å². The minimum atomic E-state index is -0.566. The number of nitrogens with zero attached hydrogens (tertiary/aromatic N) is 1. The van der Waals surface area contributed by atoms with E-state index in [-0.39, 0.29) is 5.92 Å². The molecule has 2 aliphatic rings. The van der Waals surface area contributed by atoms with Gasteiger partial charge in [0.25, 0.3) is 0 Å². The maximum Gasteiger partial charge on any atom is 0.235 e. The Kier molecular flexibility index (Phi) is 4.65. The van der Waals surface area contributed by atoms with Gasteiger partial charge < -0.3 is 9.47 Å². The highest BCUT2D eigenvalue weighted by Gasteiger charge is 2.41. The minimum Gasteiger partial charge on any atom is -0.489 e. The van der Waals surface area contributed by atoms with E-state index < -0.39 is 5.54 Å². The first-order chi connectivity index (χ1) is 11.1. The van der Waals surface area contributed by atoms with E-state index in [1.54, 1.807) is 6.08 Å². The van der Waals surface area contributed by atoms with Crippen LogP contribution in [0.4, 0.5) is 0 Å². The summed E-state index contributed by atoms with van der Waals surface area (Å²) in [6, 6.07) is 1.82. The Morgan fingerprint density at radius 3 is 2.57 bits per heavy atom. The van der Waals surface area contributed by atoms with E-state index >= 15 is 0 Å². The summed E-state index contributed by atoms with van der Waals surface area (Å²) in [6.07, 6.45) is 6.34. The summed E-state index contributed by atoms with van der Waals surface area (Å²) in [5.74, 6) is 1.66. The van der Waals surface area contributed by atoms with Crippen LogP contribution in [0.5, 0.6) is 11.5 Å². The van der Waals surface area contributed by atoms with Crippen LogP contribution in [-0.2, 0) is 10.3 Å². The highest BCUT2D eigenvalue weighted by atomic mass is 35.5. The highest BCUT2D eigenvalue weighted by Crippen LogP contribution is 2.52. The Morgan fingerprint density at radius 2 is 1.91 bits per heavy atom. The molecule has 0 N–H and O–H groups in total. The molecule has 0 atom stereocenters. The Balaban J connectivity index is 2.27. The molecule has 1 aromatic carbocycles. The van der Waals surface area contributed by atoms with Crippen molar-refractivity contribution < 1.29 is 14.3 Å². The summed E-state index contributed by atoms with van der Waals surface area (Å²) in [5.41, 5.74) is 1.39. The predicted octanol–water partition coefficient (Wildman–Crippen LogP) is 4.73. The van der Waals surface area contributed by atoms with Gasteiger partial charge in [-0.05, 0) is 18.8 Å². The summed E-state index contributed by atoms with van der Waals surface area (Å²) in [5, 5.41) is 0.610. The zero-order chi connectivity index (χ0) is 16.4. The normalized spacial score (nSPS) is 19.3. The third-order valence-corrected chi connectivity index (χ3v) is 5.06. The second-order valence-electron chi connectivity index (χ2n) is 6.62. The largest absolute Gasteiger partial charge is 0.489 e. The van der Waals surface area contributed by atoms with Crippen molar-refractivity contribution in [2.75, 3.05) is 13.2 Å². The lowest BCUT2D eigenvalue weighted by Gasteiger charge is -2.30. The van der Waals surface area contributed by atoms with Crippen molar-refractivity contribution in [2.45, 2.75) is 57.4 Å². The summed E-state index contributed by atoms with van der Waals surface area (Å²) >= 11 is 6.64. The van der Waals surface area contributed by atoms with Gasteiger partial charge >= 0.3 is 0 Å². The van der Waals surface area contributed by atoms with Crippen LogP contribution >= 0.6 is 11.6 Å². The summed E-state index contributed by atoms with van der Waals surface area (Å²) in [4.78, 5) is 15.3. The van der Waals surface area contributed by atoms with E-state index in [0.717, 1.165) is 49.0 Å². The Bertz CT molecular complexity index is 644. The number of benzene rings is 1. The average Bonchev–Trinajstić information content (AvgIpc) is 2.85. The number of halogens is 1. The lowest BCUT2D eigenvalue weighted by Crippen LogP contribution is -2.23. The molecule has 0 bridgehead atoms. The molecular formula is C18H22ClNO3. The minimum absolute atomic E-state index is 0.193. The average molecular weight is 336 g/mol. The molecule has 1 saturated carbocycles. The SMILES string of the molecule is CC(C)c1c2c(cc(Cl)c1C1(N=C=O)CCCC1)OCCCO2. The molecule has 1 heterocycles. The van der Waals surface area contributed by atoms with Crippen molar-refractivity contribution in [3.63, 3.8) is 0 Å². The van der Waals surface area contributed by atoms with Crippen molar-refractivity contribution in [3.8, 4) is 11.5 Å². The summed E-state index contributed by atoms with van der Waals surface area (Å²) < 4.78 is 11.8. The van der Waals surface area contributed by atoms with Gasteiger partial charge in [0, 0.05) is 23.6 Å². The first-order valence-electron chi connectivity index (χ1n) is 8.30. The standard InChI is InChI=1S/C18H22ClNO3/c1-12(2)15-16(18(20-11-21)6-3-4-7-18)13(19)10-14-17(15)23-9-5-8-22-14/h10,12H,3-9H2,1-2H3. The van der Waals surface area contributed by atoms with Crippen LogP contribution in [-0.4, -0.2) is 19.3 Å². The van der Waals surface area contributed by atoms with Gasteiger partial charge in [-0.3, -0.25) is 0 Å². The lowest BCUT2D eigenvalue weighted by atomic mass is 9.81. The third kappa shape index (κ3) is 2.86. The molecular weight excluding hydrogens is 314 g/mol. The zero-order valence-electron chi connectivity index (χ0n) is 13.7. The molecule has 124 valence electrons. The maximum absolute atomic E-state index is 11.1. The molecule has 0 saturated heterocycles. The molecule has 23 heavy (non-hydrogen) atoms. The van der Waals surface area contributed by atoms with E-state index in [4.69, 9.17) is 21.1 Å². The quantitative estimate of drug-likeness (QED) is 0.592. The van der Waals surface area contributed by atoms with Crippen LogP contribution in [0, 0.1) is 0 Å². The van der Waals surface area contributed by atoms with Crippen molar-refractivity contribution >= 4 is 17.7 Å². The molecule has 0 spiro atoms. The van der Waals surface area contributed by atoms with Crippen LogP contribution in [0.15, 0.2) is 11.1 Å². The van der Waals surface area contributed by atoms with E-state index in [0.29, 0.717) is 24.0 Å². The summed E-state index contributed by atoms with van der Waals surface area (Å²) in [6.45, 7) is 5.46. The molecule has 3 rings (SSSR count). The fourth-order valence-corrected chi connectivity index (χ4v) is 4.16. The Hall–Kier alpha value is -1.51. The molecule has 0 radical (unpaired) electrons. The number of fused-ring (bicyclic) bond motifs is 1. The van der Waals surface area contributed by atoms with Crippen LogP contribution < -0.4 is 9.47 Å². The number of hydrogen-bond donors (Lipinski definition) is 0. The van der Waals surface area contributed by atoms with Gasteiger partial charge in [0.05, 0.1) is 18.2 Å². The van der Waals surface area contributed by atoms with Crippen molar-refractivity contribution in [1.82, 2.24) is 0 Å². The van der Waals surface area contributed by atoms with Crippen molar-refractivity contribution in [3.05, 3.63) is 22.2 Å². The molecule has 1 aliphatic carbocycles. The Labute approximate surface area is 141 Å². The van der Waals surface area contributed by atoms with Crippen LogP contribution in [0.25, 0.3) is 0 Å². The molecule has 1 aromatic rings. The van der Waals surface area contributed by atoms with Gasteiger partial charge in [0.2, 0.25) is 6.08 Å². The van der Waals surface area contributed by atoms with Crippen LogP contribution in [0.1, 0.15) is 63.0 Å². The monoisotopic (exact) mass is 335 g/mol. The van der Waals surface area contributed by atoms with Gasteiger partial charge in [0.1, 0.15) is 5.54 Å². The number of carbonyl (C=O) groups excluding carboxylic acids is 1. The third-order valence-electron chi connectivity index (χ3n) is 4.76. The predicted molar refractivity (Wildman–Crippen MR) is 89.4 cm³/mol. The maximum atomic E-state index is 11.1. The molecule has 0 amide bonds. The van der Waals surface area contributed by atoms with Crippen molar-refractivity contribution in [1.29, 1.82) is 0 Å². The topological polar surface area (TPSA) is 47.9 Å². The molecule has 4 nitrogen and oxygen atoms in total. The second kappa shape index (κ2) is 6.54. The van der Waals surface area contributed by atoms with E-state index in [1.807, 2.05) is 6.07 Å². The molecule has 5 heteroatoms. The molecule has 0 unspecified atom stereocenters. The highest BCUT2D eigenvalue weighted by molar-refractivity contribution is 6.32. The molecule has 1 aliphatic heterocycles. The number of isocyanates is 1. The molecule has 1 fully saturated rings. The van der Waals surface area contributed by atoms with E-state index in [9.17, 15) is 4.79 Å². The second-order valence-corrected chi connectivity index (χ2v) is 7.03. The smallest absolute Gasteiger partial charge is 0.235 e. The van der Waals surface area contributed by atoms with Crippen molar-refractivity contribution in [2.24, 2.45) is 4.99 Å². The van der Waals surface area contributed by atoms with E-state index in [1.165, 1.54) is 0 Å².